The van der Waals surface area contributed by atoms with Crippen molar-refractivity contribution in [3.8, 4) is 5.82 Å². The number of piperidine rings is 1. The monoisotopic (exact) mass is 500 g/mol. The maximum Gasteiger partial charge on any atom is 0.278 e. The topological polar surface area (TPSA) is 103 Å². The molecule has 1 fully saturated rings. The van der Waals surface area contributed by atoms with Crippen LogP contribution in [0.25, 0.3) is 16.9 Å². The van der Waals surface area contributed by atoms with Crippen LogP contribution in [0.4, 0.5) is 11.6 Å². The van der Waals surface area contributed by atoms with E-state index in [0.717, 1.165) is 18.8 Å². The molecule has 0 spiro atoms. The first-order valence-corrected chi connectivity index (χ1v) is 12.6. The quantitative estimate of drug-likeness (QED) is 0.388. The highest BCUT2D eigenvalue weighted by Gasteiger charge is 2.20. The van der Waals surface area contributed by atoms with E-state index in [1.54, 1.807) is 16.8 Å². The minimum absolute atomic E-state index is 0.141. The highest BCUT2D eigenvalue weighted by molar-refractivity contribution is 5.77. The Morgan fingerprint density at radius 1 is 1.11 bits per heavy atom. The Kier molecular flexibility index (Phi) is 6.75. The van der Waals surface area contributed by atoms with Crippen LogP contribution in [0.2, 0.25) is 0 Å². The molecule has 10 nitrogen and oxygen atoms in total. The lowest BCUT2D eigenvalue weighted by molar-refractivity contribution is 0.255. The number of nitrogens with one attached hydrogen (secondary N) is 1. The Labute approximate surface area is 214 Å². The van der Waals surface area contributed by atoms with Gasteiger partial charge >= 0.3 is 0 Å². The zero-order chi connectivity index (χ0) is 26.1. The molecule has 1 saturated heterocycles. The van der Waals surface area contributed by atoms with Gasteiger partial charge in [-0.1, -0.05) is 18.2 Å². The fourth-order valence-electron chi connectivity index (χ4n) is 4.82. The van der Waals surface area contributed by atoms with Gasteiger partial charge in [0.25, 0.3) is 11.1 Å². The summed E-state index contributed by atoms with van der Waals surface area (Å²) in [6, 6.07) is 11.3. The molecule has 4 heterocycles. The number of allylic oxidation sites excluding steroid dienone is 1. The van der Waals surface area contributed by atoms with Crippen LogP contribution in [0.15, 0.2) is 64.8 Å². The Morgan fingerprint density at radius 3 is 2.51 bits per heavy atom. The SMILES string of the molecule is C=CCn1c(=O)c2cnc(Nc3ccc(C4CCN(C)CC4)cc3)nc2n1-c1ccc(=O)n(C(C)C)n1. The van der Waals surface area contributed by atoms with Gasteiger partial charge in [-0.3, -0.25) is 9.59 Å². The van der Waals surface area contributed by atoms with Gasteiger partial charge in [-0.15, -0.1) is 11.7 Å². The molecule has 192 valence electrons. The Balaban J connectivity index is 1.51. The Bertz CT molecular complexity index is 1540. The van der Waals surface area contributed by atoms with Crippen molar-refractivity contribution in [1.82, 2.24) is 34.0 Å². The first kappa shape index (κ1) is 24.6. The van der Waals surface area contributed by atoms with Gasteiger partial charge < -0.3 is 10.2 Å². The van der Waals surface area contributed by atoms with Crippen LogP contribution in [0, 0.1) is 0 Å². The van der Waals surface area contributed by atoms with Crippen LogP contribution >= 0.6 is 0 Å². The largest absolute Gasteiger partial charge is 0.324 e. The van der Waals surface area contributed by atoms with Crippen LogP contribution in [0.5, 0.6) is 0 Å². The van der Waals surface area contributed by atoms with E-state index in [0.29, 0.717) is 28.7 Å². The third-order valence-corrected chi connectivity index (χ3v) is 6.85. The van der Waals surface area contributed by atoms with Crippen LogP contribution < -0.4 is 16.4 Å². The molecule has 1 N–H and O–H groups in total. The highest BCUT2D eigenvalue weighted by Crippen LogP contribution is 2.28. The molecule has 10 heteroatoms. The number of hydrogen-bond acceptors (Lipinski definition) is 7. The number of benzene rings is 1. The first-order chi connectivity index (χ1) is 17.9. The lowest BCUT2D eigenvalue weighted by atomic mass is 9.89. The second-order valence-electron chi connectivity index (χ2n) is 9.81. The second kappa shape index (κ2) is 10.1. The lowest BCUT2D eigenvalue weighted by Crippen LogP contribution is -2.29. The van der Waals surface area contributed by atoms with Gasteiger partial charge in [-0.25, -0.2) is 19.0 Å². The minimum atomic E-state index is -0.256. The van der Waals surface area contributed by atoms with Crippen molar-refractivity contribution in [1.29, 1.82) is 0 Å². The summed E-state index contributed by atoms with van der Waals surface area (Å²) >= 11 is 0. The van der Waals surface area contributed by atoms with E-state index in [-0.39, 0.29) is 23.7 Å². The number of likely N-dealkylation sites (tertiary alicyclic amines) is 1. The summed E-state index contributed by atoms with van der Waals surface area (Å²) in [5, 5.41) is 8.13. The van der Waals surface area contributed by atoms with Crippen molar-refractivity contribution < 1.29 is 0 Å². The zero-order valence-electron chi connectivity index (χ0n) is 21.5. The van der Waals surface area contributed by atoms with E-state index in [4.69, 9.17) is 0 Å². The van der Waals surface area contributed by atoms with Crippen molar-refractivity contribution in [3.63, 3.8) is 0 Å². The van der Waals surface area contributed by atoms with E-state index in [1.165, 1.54) is 40.0 Å². The number of anilines is 2. The zero-order valence-corrected chi connectivity index (χ0v) is 21.5. The molecule has 0 aliphatic carbocycles. The molecule has 3 aromatic heterocycles. The second-order valence-corrected chi connectivity index (χ2v) is 9.81. The fourth-order valence-corrected chi connectivity index (χ4v) is 4.82. The molecule has 0 amide bonds. The average Bonchev–Trinajstić information content (AvgIpc) is 3.16. The summed E-state index contributed by atoms with van der Waals surface area (Å²) in [5.74, 6) is 1.36. The normalized spacial score (nSPS) is 14.9. The summed E-state index contributed by atoms with van der Waals surface area (Å²) in [4.78, 5) is 36.9. The van der Waals surface area contributed by atoms with Gasteiger partial charge in [0, 0.05) is 18.0 Å². The molecule has 0 unspecified atom stereocenters. The standard InChI is InChI=1S/C27H32N8O2/c1-5-14-33-26(37)22-17-28-27(29-21-8-6-19(7-9-21)20-12-15-32(4)16-13-20)30-25(22)35(33)23-10-11-24(36)34(31-23)18(2)3/h5-11,17-18,20H,1,12-16H2,2-4H3,(H,28,29,30). The van der Waals surface area contributed by atoms with E-state index < -0.39 is 0 Å². The molecule has 0 saturated carbocycles. The molecule has 0 atom stereocenters. The number of hydrogen-bond donors (Lipinski definition) is 1. The van der Waals surface area contributed by atoms with Gasteiger partial charge in [0.2, 0.25) is 5.95 Å². The van der Waals surface area contributed by atoms with E-state index in [2.05, 4.69) is 51.0 Å². The maximum atomic E-state index is 13.2. The Hall–Kier alpha value is -4.05. The average molecular weight is 501 g/mol. The van der Waals surface area contributed by atoms with Crippen molar-refractivity contribution in [2.45, 2.75) is 45.2 Å². The lowest BCUT2D eigenvalue weighted by Gasteiger charge is -2.29. The van der Waals surface area contributed by atoms with Crippen LogP contribution in [0.3, 0.4) is 0 Å². The predicted molar refractivity (Wildman–Crippen MR) is 145 cm³/mol. The first-order valence-electron chi connectivity index (χ1n) is 12.6. The fraction of sp³-hybridized carbons (Fsp3) is 0.370. The van der Waals surface area contributed by atoms with Gasteiger partial charge in [0.05, 0.1) is 12.6 Å². The number of aromatic nitrogens is 6. The van der Waals surface area contributed by atoms with Gasteiger partial charge in [0.15, 0.2) is 11.5 Å². The molecule has 0 radical (unpaired) electrons. The predicted octanol–water partition coefficient (Wildman–Crippen LogP) is 3.46. The van der Waals surface area contributed by atoms with Crippen LogP contribution in [-0.4, -0.2) is 54.1 Å². The molecular weight excluding hydrogens is 468 g/mol. The van der Waals surface area contributed by atoms with E-state index >= 15 is 0 Å². The molecule has 1 aliphatic rings. The molecule has 37 heavy (non-hydrogen) atoms. The highest BCUT2D eigenvalue weighted by atomic mass is 16.1. The van der Waals surface area contributed by atoms with Crippen LogP contribution in [0.1, 0.15) is 44.2 Å². The van der Waals surface area contributed by atoms with Gasteiger partial charge in [0.1, 0.15) is 5.39 Å². The van der Waals surface area contributed by atoms with Gasteiger partial charge in [-0.05, 0) is 76.5 Å². The molecular formula is C27H32N8O2. The van der Waals surface area contributed by atoms with Crippen molar-refractivity contribution in [3.05, 3.63) is 81.5 Å². The summed E-state index contributed by atoms with van der Waals surface area (Å²) in [6.07, 6.45) is 5.49. The molecule has 4 aromatic rings. The number of rotatable bonds is 7. The van der Waals surface area contributed by atoms with Crippen molar-refractivity contribution >= 4 is 22.7 Å². The van der Waals surface area contributed by atoms with E-state index in [1.807, 2.05) is 26.0 Å². The van der Waals surface area contributed by atoms with E-state index in [9.17, 15) is 9.59 Å². The van der Waals surface area contributed by atoms with Crippen molar-refractivity contribution in [2.24, 2.45) is 0 Å². The minimum Gasteiger partial charge on any atom is -0.324 e. The molecule has 0 bridgehead atoms. The molecule has 1 aromatic carbocycles. The summed E-state index contributed by atoms with van der Waals surface area (Å²) in [7, 11) is 2.17. The summed E-state index contributed by atoms with van der Waals surface area (Å²) < 4.78 is 4.49. The third-order valence-electron chi connectivity index (χ3n) is 6.85. The summed E-state index contributed by atoms with van der Waals surface area (Å²) in [5.41, 5.74) is 2.13. The van der Waals surface area contributed by atoms with Gasteiger partial charge in [-0.2, -0.15) is 4.98 Å². The molecule has 5 rings (SSSR count). The molecule has 1 aliphatic heterocycles. The van der Waals surface area contributed by atoms with Crippen LogP contribution in [-0.2, 0) is 6.54 Å². The maximum absolute atomic E-state index is 13.2. The number of fused-ring (bicyclic) bond motifs is 1. The number of nitrogens with zero attached hydrogens (tertiary/aromatic N) is 7. The smallest absolute Gasteiger partial charge is 0.278 e. The summed E-state index contributed by atoms with van der Waals surface area (Å²) in [6.45, 7) is 10.0. The Morgan fingerprint density at radius 2 is 1.84 bits per heavy atom. The van der Waals surface area contributed by atoms with Crippen molar-refractivity contribution in [2.75, 3.05) is 25.5 Å². The third kappa shape index (κ3) is 4.84.